The highest BCUT2D eigenvalue weighted by atomic mass is 32.2. The maximum absolute atomic E-state index is 11.5. The van der Waals surface area contributed by atoms with Crippen molar-refractivity contribution in [2.45, 2.75) is 37.1 Å². The van der Waals surface area contributed by atoms with E-state index < -0.39 is 5.25 Å². The van der Waals surface area contributed by atoms with Crippen LogP contribution in [0.15, 0.2) is 11.5 Å². The van der Waals surface area contributed by atoms with E-state index in [1.807, 2.05) is 0 Å². The Balaban J connectivity index is 2.73. The summed E-state index contributed by atoms with van der Waals surface area (Å²) in [5, 5.41) is 6.15. The van der Waals surface area contributed by atoms with Gasteiger partial charge in [0, 0.05) is 12.8 Å². The average molecular weight is 227 g/mol. The van der Waals surface area contributed by atoms with Crippen LogP contribution >= 0.6 is 11.8 Å². The van der Waals surface area contributed by atoms with Crippen LogP contribution in [0.3, 0.4) is 0 Å². The molecule has 0 saturated heterocycles. The molecule has 0 unspecified atom stereocenters. The van der Waals surface area contributed by atoms with Crippen molar-refractivity contribution < 1.29 is 9.59 Å². The van der Waals surface area contributed by atoms with Gasteiger partial charge in [0.05, 0.1) is 0 Å². The SMILES string of the molecule is CCC(=O)C(Sc1ncn[nH]1)C(=O)CC. The molecule has 1 N–H and O–H groups in total. The van der Waals surface area contributed by atoms with Crippen LogP contribution in [0.5, 0.6) is 0 Å². The largest absolute Gasteiger partial charge is 0.298 e. The molecule has 0 atom stereocenters. The summed E-state index contributed by atoms with van der Waals surface area (Å²) in [4.78, 5) is 27.0. The lowest BCUT2D eigenvalue weighted by Crippen LogP contribution is -2.26. The number of nitrogens with zero attached hydrogens (tertiary/aromatic N) is 2. The number of aromatic nitrogens is 3. The fourth-order valence-electron chi connectivity index (χ4n) is 1.04. The number of carbonyl (C=O) groups is 2. The monoisotopic (exact) mass is 227 g/mol. The minimum atomic E-state index is -0.645. The zero-order chi connectivity index (χ0) is 11.3. The van der Waals surface area contributed by atoms with Crippen molar-refractivity contribution in [3.8, 4) is 0 Å². The van der Waals surface area contributed by atoms with Gasteiger partial charge in [0.15, 0.2) is 16.7 Å². The lowest BCUT2D eigenvalue weighted by Gasteiger charge is -2.09. The zero-order valence-corrected chi connectivity index (χ0v) is 9.50. The van der Waals surface area contributed by atoms with Crippen molar-refractivity contribution in [2.24, 2.45) is 0 Å². The number of thioether (sulfide) groups is 1. The number of ketones is 2. The van der Waals surface area contributed by atoms with Crippen LogP contribution in [0, 0.1) is 0 Å². The van der Waals surface area contributed by atoms with Crippen molar-refractivity contribution in [2.75, 3.05) is 0 Å². The smallest absolute Gasteiger partial charge is 0.184 e. The van der Waals surface area contributed by atoms with Crippen molar-refractivity contribution in [1.29, 1.82) is 0 Å². The molecule has 0 radical (unpaired) electrons. The Morgan fingerprint density at radius 3 is 2.40 bits per heavy atom. The van der Waals surface area contributed by atoms with Crippen molar-refractivity contribution >= 4 is 23.3 Å². The van der Waals surface area contributed by atoms with Crippen molar-refractivity contribution in [1.82, 2.24) is 15.2 Å². The number of H-pyrrole nitrogens is 1. The molecule has 0 spiro atoms. The Morgan fingerprint density at radius 2 is 2.00 bits per heavy atom. The second-order valence-corrected chi connectivity index (χ2v) is 4.02. The third-order valence-corrected chi connectivity index (χ3v) is 3.09. The number of hydrogen-bond acceptors (Lipinski definition) is 5. The molecule has 5 nitrogen and oxygen atoms in total. The molecule has 6 heteroatoms. The standard InChI is InChI=1S/C9H13N3O2S/c1-3-6(13)8(7(14)4-2)15-9-10-5-11-12-9/h5,8H,3-4H2,1-2H3,(H,10,11,12). The summed E-state index contributed by atoms with van der Waals surface area (Å²) < 4.78 is 0. The first-order chi connectivity index (χ1) is 7.19. The fraction of sp³-hybridized carbons (Fsp3) is 0.556. The summed E-state index contributed by atoms with van der Waals surface area (Å²) in [7, 11) is 0. The van der Waals surface area contributed by atoms with Gasteiger partial charge < -0.3 is 0 Å². The molecule has 1 heterocycles. The van der Waals surface area contributed by atoms with Crippen LogP contribution in [-0.2, 0) is 9.59 Å². The molecule has 1 aromatic heterocycles. The predicted molar refractivity (Wildman–Crippen MR) is 56.6 cm³/mol. The highest BCUT2D eigenvalue weighted by Crippen LogP contribution is 2.22. The van der Waals surface area contributed by atoms with Gasteiger partial charge in [0.2, 0.25) is 0 Å². The van der Waals surface area contributed by atoms with Crippen molar-refractivity contribution in [3.63, 3.8) is 0 Å². The zero-order valence-electron chi connectivity index (χ0n) is 8.69. The lowest BCUT2D eigenvalue weighted by atomic mass is 10.1. The fourth-order valence-corrected chi connectivity index (χ4v) is 2.08. The number of nitrogens with one attached hydrogen (secondary N) is 1. The predicted octanol–water partition coefficient (Wildman–Crippen LogP) is 1.22. The van der Waals surface area contributed by atoms with Crippen LogP contribution in [0.2, 0.25) is 0 Å². The number of rotatable bonds is 6. The molecule has 0 aliphatic rings. The number of carbonyl (C=O) groups excluding carboxylic acids is 2. The van der Waals surface area contributed by atoms with Gasteiger partial charge in [0.25, 0.3) is 0 Å². The molecule has 0 saturated carbocycles. The Hall–Kier alpha value is -1.17. The number of aromatic amines is 1. The van der Waals surface area contributed by atoms with Gasteiger partial charge >= 0.3 is 0 Å². The third kappa shape index (κ3) is 3.16. The molecular weight excluding hydrogens is 214 g/mol. The van der Waals surface area contributed by atoms with E-state index in [2.05, 4.69) is 15.2 Å². The van der Waals surface area contributed by atoms with Crippen LogP contribution in [0.1, 0.15) is 26.7 Å². The first kappa shape index (κ1) is 11.9. The van der Waals surface area contributed by atoms with E-state index in [1.165, 1.54) is 6.33 Å². The first-order valence-corrected chi connectivity index (χ1v) is 5.64. The van der Waals surface area contributed by atoms with Crippen LogP contribution in [0.4, 0.5) is 0 Å². The Morgan fingerprint density at radius 1 is 1.40 bits per heavy atom. The molecule has 0 aliphatic heterocycles. The van der Waals surface area contributed by atoms with Crippen LogP contribution in [-0.4, -0.2) is 32.0 Å². The second-order valence-electron chi connectivity index (χ2n) is 2.93. The lowest BCUT2D eigenvalue weighted by molar-refractivity contribution is -0.125. The second kappa shape index (κ2) is 5.65. The summed E-state index contributed by atoms with van der Waals surface area (Å²) in [6.45, 7) is 3.50. The number of Topliss-reactive ketones (excluding diaryl/α,β-unsaturated/α-hetero) is 2. The summed E-state index contributed by atoms with van der Waals surface area (Å²) >= 11 is 1.13. The van der Waals surface area contributed by atoms with Crippen molar-refractivity contribution in [3.05, 3.63) is 6.33 Å². The Labute approximate surface area is 92.0 Å². The molecule has 0 aromatic carbocycles. The van der Waals surface area contributed by atoms with E-state index in [1.54, 1.807) is 13.8 Å². The van der Waals surface area contributed by atoms with E-state index in [9.17, 15) is 9.59 Å². The van der Waals surface area contributed by atoms with Gasteiger partial charge in [-0.2, -0.15) is 5.10 Å². The maximum Gasteiger partial charge on any atom is 0.184 e. The average Bonchev–Trinajstić information content (AvgIpc) is 2.76. The highest BCUT2D eigenvalue weighted by Gasteiger charge is 2.25. The quantitative estimate of drug-likeness (QED) is 0.584. The topological polar surface area (TPSA) is 75.7 Å². The van der Waals surface area contributed by atoms with Gasteiger partial charge in [-0.25, -0.2) is 4.98 Å². The molecular formula is C9H13N3O2S. The number of hydrogen-bond donors (Lipinski definition) is 1. The summed E-state index contributed by atoms with van der Waals surface area (Å²) in [6.07, 6.45) is 2.07. The molecule has 0 bridgehead atoms. The maximum atomic E-state index is 11.5. The Kier molecular flexibility index (Phi) is 4.48. The van der Waals surface area contributed by atoms with E-state index in [4.69, 9.17) is 0 Å². The molecule has 0 aliphatic carbocycles. The van der Waals surface area contributed by atoms with Gasteiger partial charge in [-0.1, -0.05) is 25.6 Å². The summed E-state index contributed by atoms with van der Waals surface area (Å²) in [5.74, 6) is -0.133. The van der Waals surface area contributed by atoms with E-state index in [0.717, 1.165) is 11.8 Å². The Bertz CT molecular complexity index is 321. The van der Waals surface area contributed by atoms with Gasteiger partial charge in [-0.05, 0) is 0 Å². The summed E-state index contributed by atoms with van der Waals surface area (Å²) in [6, 6.07) is 0. The molecule has 1 aromatic rings. The normalized spacial score (nSPS) is 10.6. The minimum absolute atomic E-state index is 0.0664. The van der Waals surface area contributed by atoms with Gasteiger partial charge in [-0.3, -0.25) is 14.7 Å². The molecule has 15 heavy (non-hydrogen) atoms. The van der Waals surface area contributed by atoms with E-state index in [-0.39, 0.29) is 11.6 Å². The highest BCUT2D eigenvalue weighted by molar-refractivity contribution is 8.01. The van der Waals surface area contributed by atoms with E-state index >= 15 is 0 Å². The van der Waals surface area contributed by atoms with Gasteiger partial charge in [-0.15, -0.1) is 0 Å². The molecule has 82 valence electrons. The van der Waals surface area contributed by atoms with Gasteiger partial charge in [0.1, 0.15) is 11.6 Å². The van der Waals surface area contributed by atoms with E-state index in [0.29, 0.717) is 18.0 Å². The van der Waals surface area contributed by atoms with Crippen LogP contribution < -0.4 is 0 Å². The summed E-state index contributed by atoms with van der Waals surface area (Å²) in [5.41, 5.74) is 0. The minimum Gasteiger partial charge on any atom is -0.298 e. The molecule has 0 fully saturated rings. The molecule has 0 amide bonds. The van der Waals surface area contributed by atoms with Crippen LogP contribution in [0.25, 0.3) is 0 Å². The first-order valence-electron chi connectivity index (χ1n) is 4.76. The third-order valence-electron chi connectivity index (χ3n) is 1.90. The molecule has 1 rings (SSSR count).